The first-order chi connectivity index (χ1) is 14.9. The Balaban J connectivity index is 1.67. The molecule has 31 heavy (non-hydrogen) atoms. The monoisotopic (exact) mass is 452 g/mol. The lowest BCUT2D eigenvalue weighted by Gasteiger charge is -2.31. The van der Waals surface area contributed by atoms with Crippen LogP contribution in [0.2, 0.25) is 0 Å². The average molecular weight is 453 g/mol. The number of carbonyl (C=O) groups excluding carboxylic acids is 1. The summed E-state index contributed by atoms with van der Waals surface area (Å²) in [5, 5.41) is 0. The van der Waals surface area contributed by atoms with E-state index in [1.807, 2.05) is 0 Å². The van der Waals surface area contributed by atoms with Crippen molar-refractivity contribution in [3.63, 3.8) is 0 Å². The van der Waals surface area contributed by atoms with Crippen LogP contribution in [0.3, 0.4) is 0 Å². The highest BCUT2D eigenvalue weighted by Gasteiger charge is 2.31. The Labute approximate surface area is 186 Å². The Bertz CT molecular complexity index is 825. The highest BCUT2D eigenvalue weighted by atomic mass is 32.2. The van der Waals surface area contributed by atoms with Crippen LogP contribution in [0, 0.1) is 5.92 Å². The van der Waals surface area contributed by atoms with Crippen LogP contribution in [0.25, 0.3) is 0 Å². The van der Waals surface area contributed by atoms with Crippen molar-refractivity contribution in [1.29, 1.82) is 0 Å². The molecular formula is C22H36N4O4S. The second-order valence-corrected chi connectivity index (χ2v) is 10.5. The van der Waals surface area contributed by atoms with E-state index >= 15 is 0 Å². The maximum Gasteiger partial charge on any atom is 0.258 e. The lowest BCUT2D eigenvalue weighted by molar-refractivity contribution is 0.0801. The minimum Gasteiger partial charge on any atom is -0.367 e. The third-order valence-corrected chi connectivity index (χ3v) is 8.16. The van der Waals surface area contributed by atoms with Gasteiger partial charge < -0.3 is 10.5 Å². The normalized spacial score (nSPS) is 21.4. The van der Waals surface area contributed by atoms with Crippen LogP contribution < -0.4 is 11.2 Å². The van der Waals surface area contributed by atoms with Gasteiger partial charge in [-0.25, -0.2) is 13.8 Å². The molecule has 1 amide bonds. The first kappa shape index (κ1) is 24.1. The van der Waals surface area contributed by atoms with Crippen molar-refractivity contribution in [3.8, 4) is 0 Å². The third-order valence-electron chi connectivity index (χ3n) is 6.44. The summed E-state index contributed by atoms with van der Waals surface area (Å²) in [6.07, 6.45) is 10.1. The highest BCUT2D eigenvalue weighted by Crippen LogP contribution is 2.27. The number of ether oxygens (including phenoxy) is 1. The van der Waals surface area contributed by atoms with Crippen molar-refractivity contribution in [2.75, 3.05) is 33.5 Å². The zero-order valence-electron chi connectivity index (χ0n) is 18.5. The maximum atomic E-state index is 13.3. The Morgan fingerprint density at radius 1 is 1.16 bits per heavy atom. The summed E-state index contributed by atoms with van der Waals surface area (Å²) in [7, 11) is -2.56. The first-order valence-corrected chi connectivity index (χ1v) is 12.8. The van der Waals surface area contributed by atoms with Crippen molar-refractivity contribution in [2.45, 2.75) is 62.3 Å². The minimum atomic E-state index is -4.00. The number of nitrogens with two attached hydrogens (primary N) is 1. The molecule has 1 aromatic rings. The second-order valence-electron chi connectivity index (χ2n) is 8.64. The van der Waals surface area contributed by atoms with E-state index in [0.717, 1.165) is 36.3 Å². The standard InChI is InChI=1S/C22H36N4O4S/c1-30-17-26(31(28,29)21-13-7-6-12-20(21)22(23)27)24-15-19-11-8-14-25(19)16-18-9-4-2-3-5-10-18/h6-7,12-13,18-19,24H,2-5,8-11,14-17H2,1H3,(H2,23,27). The molecule has 8 nitrogen and oxygen atoms in total. The number of hydrazine groups is 1. The van der Waals surface area contributed by atoms with E-state index in [2.05, 4.69) is 10.3 Å². The van der Waals surface area contributed by atoms with Gasteiger partial charge in [0.05, 0.1) is 10.5 Å². The molecule has 0 spiro atoms. The van der Waals surface area contributed by atoms with Crippen LogP contribution in [-0.2, 0) is 14.8 Å². The van der Waals surface area contributed by atoms with Gasteiger partial charge >= 0.3 is 0 Å². The molecule has 9 heteroatoms. The summed E-state index contributed by atoms with van der Waals surface area (Å²) in [6, 6.07) is 6.27. The summed E-state index contributed by atoms with van der Waals surface area (Å²) in [6.45, 7) is 2.50. The lowest BCUT2D eigenvalue weighted by Crippen LogP contribution is -2.50. The number of hydrogen-bond acceptors (Lipinski definition) is 6. The van der Waals surface area contributed by atoms with E-state index in [0.29, 0.717) is 6.54 Å². The highest BCUT2D eigenvalue weighted by molar-refractivity contribution is 7.89. The van der Waals surface area contributed by atoms with Crippen molar-refractivity contribution in [1.82, 2.24) is 14.7 Å². The number of carbonyl (C=O) groups is 1. The average Bonchev–Trinajstić information content (AvgIpc) is 3.02. The number of hydrogen-bond donors (Lipinski definition) is 2. The number of sulfonamides is 1. The fourth-order valence-corrected chi connectivity index (χ4v) is 6.21. The Morgan fingerprint density at radius 3 is 2.55 bits per heavy atom. The second kappa shape index (κ2) is 11.4. The molecule has 174 valence electrons. The lowest BCUT2D eigenvalue weighted by atomic mass is 9.99. The van der Waals surface area contributed by atoms with E-state index < -0.39 is 15.9 Å². The SMILES string of the molecule is COCN(NCC1CCCN1CC1CCCCCC1)S(=O)(=O)c1ccccc1C(N)=O. The van der Waals surface area contributed by atoms with Gasteiger partial charge in [0.25, 0.3) is 10.0 Å². The van der Waals surface area contributed by atoms with Crippen LogP contribution in [0.5, 0.6) is 0 Å². The summed E-state index contributed by atoms with van der Waals surface area (Å²) in [5.41, 5.74) is 8.44. The molecule has 1 unspecified atom stereocenters. The zero-order valence-corrected chi connectivity index (χ0v) is 19.3. The topological polar surface area (TPSA) is 105 Å². The number of likely N-dealkylation sites (tertiary alicyclic amines) is 1. The molecule has 1 saturated heterocycles. The van der Waals surface area contributed by atoms with Gasteiger partial charge in [0, 0.05) is 26.2 Å². The van der Waals surface area contributed by atoms with Gasteiger partial charge in [-0.2, -0.15) is 0 Å². The Morgan fingerprint density at radius 2 is 1.87 bits per heavy atom. The van der Waals surface area contributed by atoms with E-state index in [1.165, 1.54) is 57.8 Å². The molecule has 1 saturated carbocycles. The predicted octanol–water partition coefficient (Wildman–Crippen LogP) is 2.32. The van der Waals surface area contributed by atoms with Gasteiger partial charge in [0.15, 0.2) is 0 Å². The van der Waals surface area contributed by atoms with E-state index in [9.17, 15) is 13.2 Å². The van der Waals surface area contributed by atoms with E-state index in [-0.39, 0.29) is 23.2 Å². The number of benzene rings is 1. The fraction of sp³-hybridized carbons (Fsp3) is 0.682. The molecule has 1 atom stereocenters. The number of rotatable bonds is 10. The molecule has 0 bridgehead atoms. The Kier molecular flexibility index (Phi) is 8.85. The third kappa shape index (κ3) is 6.26. The van der Waals surface area contributed by atoms with Gasteiger partial charge in [-0.05, 0) is 50.3 Å². The van der Waals surface area contributed by atoms with Gasteiger partial charge in [-0.15, -0.1) is 4.41 Å². The molecule has 3 N–H and O–H groups in total. The molecule has 3 rings (SSSR count). The molecule has 1 aromatic carbocycles. The van der Waals surface area contributed by atoms with Gasteiger partial charge in [0.1, 0.15) is 6.73 Å². The number of nitrogens with zero attached hydrogens (tertiary/aromatic N) is 2. The molecule has 2 aliphatic rings. The number of nitrogens with one attached hydrogen (secondary N) is 1. The van der Waals surface area contributed by atoms with Crippen LogP contribution in [0.15, 0.2) is 29.2 Å². The largest absolute Gasteiger partial charge is 0.367 e. The molecule has 0 radical (unpaired) electrons. The smallest absolute Gasteiger partial charge is 0.258 e. The molecule has 1 aliphatic heterocycles. The van der Waals surface area contributed by atoms with E-state index in [4.69, 9.17) is 10.5 Å². The van der Waals surface area contributed by atoms with Crippen LogP contribution in [0.1, 0.15) is 61.7 Å². The zero-order chi connectivity index (χ0) is 22.3. The first-order valence-electron chi connectivity index (χ1n) is 11.3. The van der Waals surface area contributed by atoms with E-state index in [1.54, 1.807) is 12.1 Å². The molecule has 1 heterocycles. The minimum absolute atomic E-state index is 0.0266. The Hall–Kier alpha value is -1.52. The summed E-state index contributed by atoms with van der Waals surface area (Å²) >= 11 is 0. The predicted molar refractivity (Wildman–Crippen MR) is 120 cm³/mol. The summed E-state index contributed by atoms with van der Waals surface area (Å²) in [4.78, 5) is 14.1. The van der Waals surface area contributed by atoms with Gasteiger partial charge in [-0.3, -0.25) is 9.69 Å². The molecule has 1 aliphatic carbocycles. The maximum absolute atomic E-state index is 13.3. The van der Waals surface area contributed by atoms with Gasteiger partial charge in [0.2, 0.25) is 5.91 Å². The number of primary amides is 1. The van der Waals surface area contributed by atoms with Crippen molar-refractivity contribution >= 4 is 15.9 Å². The van der Waals surface area contributed by atoms with Crippen molar-refractivity contribution < 1.29 is 17.9 Å². The van der Waals surface area contributed by atoms with Crippen LogP contribution in [-0.4, -0.2) is 63.2 Å². The van der Waals surface area contributed by atoms with Crippen molar-refractivity contribution in [2.24, 2.45) is 11.7 Å². The molecule has 2 fully saturated rings. The van der Waals surface area contributed by atoms with Gasteiger partial charge in [-0.1, -0.05) is 37.8 Å². The van der Waals surface area contributed by atoms with Crippen LogP contribution in [0.4, 0.5) is 0 Å². The summed E-state index contributed by atoms with van der Waals surface area (Å²) < 4.78 is 32.7. The fourth-order valence-electron chi connectivity index (χ4n) is 4.78. The number of methoxy groups -OCH3 is 1. The quantitative estimate of drug-likeness (QED) is 0.321. The molecule has 0 aromatic heterocycles. The number of amides is 1. The van der Waals surface area contributed by atoms with Crippen molar-refractivity contribution in [3.05, 3.63) is 29.8 Å². The molecular weight excluding hydrogens is 416 g/mol. The van der Waals surface area contributed by atoms with Crippen LogP contribution >= 0.6 is 0 Å². The summed E-state index contributed by atoms with van der Waals surface area (Å²) in [5.74, 6) is -0.0359.